The third kappa shape index (κ3) is 0.962. The zero-order chi connectivity index (χ0) is 5.98. The van der Waals surface area contributed by atoms with Crippen molar-refractivity contribution in [3.8, 4) is 0 Å². The number of nitrogens with zero attached hydrogens (tertiary/aromatic N) is 2. The van der Waals surface area contributed by atoms with Crippen molar-refractivity contribution < 1.29 is 5.11 Å². The molecule has 0 amide bonds. The Bertz CT molecular complexity index is 175. The lowest BCUT2D eigenvalue weighted by atomic mass is 10.7. The molecule has 0 aliphatic carbocycles. The lowest BCUT2D eigenvalue weighted by Gasteiger charge is -1.77. The molecule has 0 radical (unpaired) electrons. The zero-order valence-corrected chi connectivity index (χ0v) is 4.68. The van der Waals surface area contributed by atoms with Gasteiger partial charge in [-0.2, -0.15) is 4.98 Å². The first-order chi connectivity index (χ1) is 3.83. The molecule has 0 fully saturated rings. The Morgan fingerprint density at radius 2 is 2.50 bits per heavy atom. The van der Waals surface area contributed by atoms with Crippen LogP contribution in [-0.4, -0.2) is 20.3 Å². The number of nitrogens with one attached hydrogen (secondary N) is 1. The standard InChI is InChI=1S/C3H4ClN3O/c4-3-5-2(1-8)6-7-3/h8H,1H2,(H,5,6,7). The van der Waals surface area contributed by atoms with Crippen LogP contribution in [0.2, 0.25) is 5.28 Å². The van der Waals surface area contributed by atoms with Crippen LogP contribution in [0.4, 0.5) is 0 Å². The van der Waals surface area contributed by atoms with Crippen molar-refractivity contribution in [3.63, 3.8) is 0 Å². The molecule has 44 valence electrons. The normalized spacial score (nSPS) is 9.75. The van der Waals surface area contributed by atoms with Gasteiger partial charge in [0.25, 0.3) is 0 Å². The number of H-pyrrole nitrogens is 1. The lowest BCUT2D eigenvalue weighted by Crippen LogP contribution is -1.83. The van der Waals surface area contributed by atoms with E-state index in [9.17, 15) is 0 Å². The second-order valence-electron chi connectivity index (χ2n) is 1.21. The lowest BCUT2D eigenvalue weighted by molar-refractivity contribution is 0.272. The van der Waals surface area contributed by atoms with Crippen molar-refractivity contribution in [2.75, 3.05) is 0 Å². The maximum absolute atomic E-state index is 8.36. The van der Waals surface area contributed by atoms with Crippen molar-refractivity contribution in [2.24, 2.45) is 0 Å². The number of aromatic amines is 1. The van der Waals surface area contributed by atoms with Gasteiger partial charge in [0.2, 0.25) is 5.28 Å². The van der Waals surface area contributed by atoms with Gasteiger partial charge in [-0.25, -0.2) is 0 Å². The minimum Gasteiger partial charge on any atom is -0.388 e. The van der Waals surface area contributed by atoms with Crippen LogP contribution in [0.15, 0.2) is 0 Å². The molecular formula is C3H4ClN3O. The highest BCUT2D eigenvalue weighted by molar-refractivity contribution is 6.28. The van der Waals surface area contributed by atoms with Crippen LogP contribution >= 0.6 is 11.6 Å². The molecule has 0 saturated heterocycles. The van der Waals surface area contributed by atoms with Crippen molar-refractivity contribution in [1.29, 1.82) is 0 Å². The van der Waals surface area contributed by atoms with Crippen LogP contribution in [0.1, 0.15) is 5.82 Å². The van der Waals surface area contributed by atoms with E-state index in [1.807, 2.05) is 0 Å². The number of aromatic nitrogens is 3. The maximum Gasteiger partial charge on any atom is 0.242 e. The smallest absolute Gasteiger partial charge is 0.242 e. The molecular weight excluding hydrogens is 130 g/mol. The van der Waals surface area contributed by atoms with Crippen LogP contribution in [0.5, 0.6) is 0 Å². The summed E-state index contributed by atoms with van der Waals surface area (Å²) in [7, 11) is 0. The molecule has 4 nitrogen and oxygen atoms in total. The van der Waals surface area contributed by atoms with Crippen molar-refractivity contribution in [1.82, 2.24) is 15.2 Å². The molecule has 0 unspecified atom stereocenters. The number of rotatable bonds is 1. The third-order valence-corrected chi connectivity index (χ3v) is 0.823. The molecule has 1 rings (SSSR count). The van der Waals surface area contributed by atoms with E-state index in [-0.39, 0.29) is 11.9 Å². The van der Waals surface area contributed by atoms with Gasteiger partial charge in [0.1, 0.15) is 6.61 Å². The second-order valence-corrected chi connectivity index (χ2v) is 1.55. The van der Waals surface area contributed by atoms with Gasteiger partial charge in [-0.15, -0.1) is 5.10 Å². The van der Waals surface area contributed by atoms with Gasteiger partial charge in [0, 0.05) is 0 Å². The van der Waals surface area contributed by atoms with Crippen LogP contribution < -0.4 is 0 Å². The van der Waals surface area contributed by atoms with Gasteiger partial charge in [-0.3, -0.25) is 5.10 Å². The van der Waals surface area contributed by atoms with Crippen molar-refractivity contribution >= 4 is 11.6 Å². The first-order valence-electron chi connectivity index (χ1n) is 2.00. The Hall–Kier alpha value is -0.610. The van der Waals surface area contributed by atoms with E-state index in [0.29, 0.717) is 5.82 Å². The fourth-order valence-electron chi connectivity index (χ4n) is 0.343. The van der Waals surface area contributed by atoms with Gasteiger partial charge in [0.15, 0.2) is 5.82 Å². The predicted molar refractivity (Wildman–Crippen MR) is 27.3 cm³/mol. The molecule has 8 heavy (non-hydrogen) atoms. The molecule has 0 atom stereocenters. The SMILES string of the molecule is OCc1nc(Cl)n[nH]1. The Morgan fingerprint density at radius 3 is 2.75 bits per heavy atom. The van der Waals surface area contributed by atoms with Gasteiger partial charge in [-0.1, -0.05) is 0 Å². The fraction of sp³-hybridized carbons (Fsp3) is 0.333. The minimum absolute atomic E-state index is 0.133. The van der Waals surface area contributed by atoms with E-state index < -0.39 is 0 Å². The largest absolute Gasteiger partial charge is 0.388 e. The van der Waals surface area contributed by atoms with Gasteiger partial charge < -0.3 is 5.11 Å². The summed E-state index contributed by atoms with van der Waals surface area (Å²) in [6.07, 6.45) is 0. The summed E-state index contributed by atoms with van der Waals surface area (Å²) in [5.74, 6) is 0.384. The van der Waals surface area contributed by atoms with Crippen LogP contribution in [0.25, 0.3) is 0 Å². The van der Waals surface area contributed by atoms with Gasteiger partial charge in [-0.05, 0) is 11.6 Å². The second kappa shape index (κ2) is 2.11. The quantitative estimate of drug-likeness (QED) is 0.565. The highest BCUT2D eigenvalue weighted by Gasteiger charge is 1.94. The van der Waals surface area contributed by atoms with Crippen LogP contribution in [0, 0.1) is 0 Å². The van der Waals surface area contributed by atoms with E-state index in [1.165, 1.54) is 0 Å². The average Bonchev–Trinajstić information content (AvgIpc) is 2.14. The Kier molecular flexibility index (Phi) is 1.45. The first-order valence-corrected chi connectivity index (χ1v) is 2.38. The van der Waals surface area contributed by atoms with Gasteiger partial charge >= 0.3 is 0 Å². The molecule has 1 aromatic rings. The van der Waals surface area contributed by atoms with E-state index >= 15 is 0 Å². The number of halogens is 1. The number of aliphatic hydroxyl groups is 1. The predicted octanol–water partition coefficient (Wildman–Crippen LogP) is -0.0496. The third-order valence-electron chi connectivity index (χ3n) is 0.654. The molecule has 0 bridgehead atoms. The first kappa shape index (κ1) is 5.53. The fourth-order valence-corrected chi connectivity index (χ4v) is 0.487. The maximum atomic E-state index is 8.36. The highest BCUT2D eigenvalue weighted by atomic mass is 35.5. The summed E-state index contributed by atoms with van der Waals surface area (Å²) < 4.78 is 0. The zero-order valence-electron chi connectivity index (χ0n) is 3.93. The summed E-state index contributed by atoms with van der Waals surface area (Å²) in [5, 5.41) is 14.4. The topological polar surface area (TPSA) is 61.8 Å². The summed E-state index contributed by atoms with van der Waals surface area (Å²) in [6.45, 7) is -0.153. The highest BCUT2D eigenvalue weighted by Crippen LogP contribution is 1.96. The van der Waals surface area contributed by atoms with E-state index in [1.54, 1.807) is 0 Å². The van der Waals surface area contributed by atoms with E-state index in [4.69, 9.17) is 16.7 Å². The molecule has 5 heteroatoms. The van der Waals surface area contributed by atoms with Crippen LogP contribution in [0.3, 0.4) is 0 Å². The monoisotopic (exact) mass is 133 g/mol. The minimum atomic E-state index is -0.153. The average molecular weight is 134 g/mol. The van der Waals surface area contributed by atoms with Crippen LogP contribution in [-0.2, 0) is 6.61 Å². The van der Waals surface area contributed by atoms with Gasteiger partial charge in [0.05, 0.1) is 0 Å². The molecule has 0 aliphatic heterocycles. The number of hydrogen-bond donors (Lipinski definition) is 2. The molecule has 0 aromatic carbocycles. The summed E-state index contributed by atoms with van der Waals surface area (Å²) in [4.78, 5) is 3.58. The summed E-state index contributed by atoms with van der Waals surface area (Å²) in [6, 6.07) is 0. The molecule has 1 heterocycles. The number of aliphatic hydroxyl groups excluding tert-OH is 1. The molecule has 0 spiro atoms. The van der Waals surface area contributed by atoms with Crippen molar-refractivity contribution in [3.05, 3.63) is 11.1 Å². The molecule has 0 aliphatic rings. The summed E-state index contributed by atoms with van der Waals surface area (Å²) in [5.41, 5.74) is 0. The summed E-state index contributed by atoms with van der Waals surface area (Å²) >= 11 is 5.27. The molecule has 2 N–H and O–H groups in total. The van der Waals surface area contributed by atoms with E-state index in [2.05, 4.69) is 15.2 Å². The Morgan fingerprint density at radius 1 is 1.75 bits per heavy atom. The van der Waals surface area contributed by atoms with E-state index in [0.717, 1.165) is 0 Å². The molecule has 1 aromatic heterocycles. The molecule has 0 saturated carbocycles. The number of hydrogen-bond acceptors (Lipinski definition) is 3. The Balaban J connectivity index is 2.84. The van der Waals surface area contributed by atoms with Crippen molar-refractivity contribution in [2.45, 2.75) is 6.61 Å². The Labute approximate surface area is 50.5 Å².